The van der Waals surface area contributed by atoms with Crippen molar-refractivity contribution in [1.82, 2.24) is 0 Å². The number of aliphatic hydroxyl groups is 1. The lowest BCUT2D eigenvalue weighted by Gasteiger charge is -2.26. The largest absolute Gasteiger partial charge is 0.507 e. The van der Waals surface area contributed by atoms with Crippen LogP contribution in [0.5, 0.6) is 17.2 Å². The zero-order valence-electron chi connectivity index (χ0n) is 18.1. The molecule has 0 radical (unpaired) electrons. The molecule has 4 rings (SSSR count). The van der Waals surface area contributed by atoms with Crippen molar-refractivity contribution >= 4 is 50.7 Å². The summed E-state index contributed by atoms with van der Waals surface area (Å²) < 4.78 is 10.9. The molecule has 1 unspecified atom stereocenters. The summed E-state index contributed by atoms with van der Waals surface area (Å²) in [5.74, 6) is -1.45. The highest BCUT2D eigenvalue weighted by Crippen LogP contribution is 2.44. The zero-order valence-corrected chi connectivity index (χ0v) is 20.4. The number of Topliss-reactive ketones (excluding diaryl/α,β-unsaturated/α-hetero) is 1. The molecule has 0 aromatic heterocycles. The first-order valence-electron chi connectivity index (χ1n) is 10.0. The number of ether oxygens (including phenoxy) is 2. The number of nitrogens with zero attached hydrogens (tertiary/aromatic N) is 1. The second-order valence-electron chi connectivity index (χ2n) is 7.43. The van der Waals surface area contributed by atoms with Gasteiger partial charge in [0.05, 0.1) is 30.3 Å². The second-order valence-corrected chi connectivity index (χ2v) is 8.72. The SMILES string of the molecule is COc1ccc(C2/C(=C(/O)c3ccc(OC)c(Br)c3)C(=O)C(=O)N2c2ccc(Cl)cc2)cc1O. The van der Waals surface area contributed by atoms with E-state index in [-0.39, 0.29) is 22.8 Å². The topological polar surface area (TPSA) is 96.3 Å². The summed E-state index contributed by atoms with van der Waals surface area (Å²) in [5, 5.41) is 22.1. The van der Waals surface area contributed by atoms with Gasteiger partial charge in [0.1, 0.15) is 11.5 Å². The maximum absolute atomic E-state index is 13.2. The molecule has 9 heteroatoms. The fourth-order valence-electron chi connectivity index (χ4n) is 3.86. The number of aliphatic hydroxyl groups excluding tert-OH is 1. The number of hydrogen-bond acceptors (Lipinski definition) is 6. The normalized spacial score (nSPS) is 17.2. The smallest absolute Gasteiger partial charge is 0.300 e. The maximum atomic E-state index is 13.2. The van der Waals surface area contributed by atoms with Crippen molar-refractivity contribution in [3.05, 3.63) is 86.9 Å². The van der Waals surface area contributed by atoms with Gasteiger partial charge in [-0.1, -0.05) is 17.7 Å². The lowest BCUT2D eigenvalue weighted by molar-refractivity contribution is -0.132. The lowest BCUT2D eigenvalue weighted by Crippen LogP contribution is -2.29. The van der Waals surface area contributed by atoms with Crippen molar-refractivity contribution < 1.29 is 29.3 Å². The van der Waals surface area contributed by atoms with Crippen LogP contribution in [0, 0.1) is 0 Å². The third kappa shape index (κ3) is 4.10. The molecule has 1 aliphatic rings. The molecule has 3 aromatic rings. The van der Waals surface area contributed by atoms with Gasteiger partial charge in [-0.05, 0) is 76.1 Å². The van der Waals surface area contributed by atoms with Crippen molar-refractivity contribution in [1.29, 1.82) is 0 Å². The molecule has 2 N–H and O–H groups in total. The number of phenolic OH excluding ortho intramolecular Hbond substituents is 1. The van der Waals surface area contributed by atoms with Gasteiger partial charge in [-0.25, -0.2) is 0 Å². The van der Waals surface area contributed by atoms with Gasteiger partial charge in [0, 0.05) is 16.3 Å². The van der Waals surface area contributed by atoms with E-state index in [4.69, 9.17) is 21.1 Å². The first kappa shape index (κ1) is 23.7. The first-order chi connectivity index (χ1) is 16.3. The van der Waals surface area contributed by atoms with Crippen LogP contribution < -0.4 is 14.4 Å². The summed E-state index contributed by atoms with van der Waals surface area (Å²) >= 11 is 9.38. The van der Waals surface area contributed by atoms with Gasteiger partial charge in [0.2, 0.25) is 0 Å². The zero-order chi connectivity index (χ0) is 24.6. The minimum Gasteiger partial charge on any atom is -0.507 e. The molecule has 1 heterocycles. The number of hydrogen-bond donors (Lipinski definition) is 2. The standard InChI is InChI=1S/C25H19BrClNO6/c1-33-19-9-4-14(11-17(19)26)23(30)21-22(13-3-10-20(34-2)18(29)12-13)28(25(32)24(21)31)16-7-5-15(27)6-8-16/h3-12,22,29-30H,1-2H3/b23-21-. The predicted molar refractivity (Wildman–Crippen MR) is 132 cm³/mol. The van der Waals surface area contributed by atoms with Crippen LogP contribution in [0.3, 0.4) is 0 Å². The fourth-order valence-corrected chi connectivity index (χ4v) is 4.53. The average molecular weight is 545 g/mol. The van der Waals surface area contributed by atoms with Gasteiger partial charge in [-0.3, -0.25) is 14.5 Å². The Morgan fingerprint density at radius 2 is 1.62 bits per heavy atom. The molecule has 0 aliphatic carbocycles. The Morgan fingerprint density at radius 3 is 2.21 bits per heavy atom. The van der Waals surface area contributed by atoms with E-state index in [0.717, 1.165) is 0 Å². The Balaban J connectivity index is 1.95. The summed E-state index contributed by atoms with van der Waals surface area (Å²) in [5.41, 5.74) is 0.995. The van der Waals surface area contributed by atoms with Crippen LogP contribution in [0.15, 0.2) is 70.7 Å². The minimum absolute atomic E-state index is 0.124. The highest BCUT2D eigenvalue weighted by atomic mass is 79.9. The van der Waals surface area contributed by atoms with Crippen molar-refractivity contribution in [3.8, 4) is 17.2 Å². The van der Waals surface area contributed by atoms with E-state index in [1.165, 1.54) is 31.3 Å². The van der Waals surface area contributed by atoms with E-state index in [0.29, 0.717) is 32.1 Å². The second kappa shape index (κ2) is 9.40. The molecule has 1 amide bonds. The van der Waals surface area contributed by atoms with E-state index in [2.05, 4.69) is 15.9 Å². The number of carbonyl (C=O) groups is 2. The fraction of sp³-hybridized carbons (Fsp3) is 0.120. The van der Waals surface area contributed by atoms with E-state index >= 15 is 0 Å². The van der Waals surface area contributed by atoms with Crippen LogP contribution in [-0.2, 0) is 9.59 Å². The van der Waals surface area contributed by atoms with Gasteiger partial charge >= 0.3 is 0 Å². The van der Waals surface area contributed by atoms with Gasteiger partial charge in [-0.2, -0.15) is 0 Å². The summed E-state index contributed by atoms with van der Waals surface area (Å²) in [6.07, 6.45) is 0. The molecule has 7 nitrogen and oxygen atoms in total. The number of benzene rings is 3. The maximum Gasteiger partial charge on any atom is 0.300 e. The van der Waals surface area contributed by atoms with E-state index in [1.54, 1.807) is 48.5 Å². The first-order valence-corrected chi connectivity index (χ1v) is 11.2. The number of anilines is 1. The third-order valence-electron chi connectivity index (χ3n) is 5.49. The molecule has 174 valence electrons. The summed E-state index contributed by atoms with van der Waals surface area (Å²) in [6.45, 7) is 0. The number of amides is 1. The third-order valence-corrected chi connectivity index (χ3v) is 6.36. The van der Waals surface area contributed by atoms with Crippen molar-refractivity contribution in [2.45, 2.75) is 6.04 Å². The molecule has 1 fully saturated rings. The van der Waals surface area contributed by atoms with Crippen molar-refractivity contribution in [3.63, 3.8) is 0 Å². The molecule has 1 atom stereocenters. The molecule has 0 spiro atoms. The van der Waals surface area contributed by atoms with E-state index < -0.39 is 17.7 Å². The summed E-state index contributed by atoms with van der Waals surface area (Å²) in [4.78, 5) is 27.7. The molecule has 34 heavy (non-hydrogen) atoms. The number of halogens is 2. The molecule has 3 aromatic carbocycles. The van der Waals surface area contributed by atoms with Gasteiger partial charge in [-0.15, -0.1) is 0 Å². The van der Waals surface area contributed by atoms with Gasteiger partial charge in [0.25, 0.3) is 11.7 Å². The average Bonchev–Trinajstić information content (AvgIpc) is 3.09. The Labute approximate surface area is 208 Å². The monoisotopic (exact) mass is 543 g/mol. The van der Waals surface area contributed by atoms with Crippen LogP contribution in [0.25, 0.3) is 5.76 Å². The molecule has 0 bridgehead atoms. The van der Waals surface area contributed by atoms with Gasteiger partial charge in [0.15, 0.2) is 11.5 Å². The van der Waals surface area contributed by atoms with Crippen LogP contribution in [-0.4, -0.2) is 36.1 Å². The quantitative estimate of drug-likeness (QED) is 0.252. The number of aromatic hydroxyl groups is 1. The molecular weight excluding hydrogens is 526 g/mol. The number of carbonyl (C=O) groups excluding carboxylic acids is 2. The van der Waals surface area contributed by atoms with Crippen LogP contribution in [0.2, 0.25) is 5.02 Å². The molecule has 1 aliphatic heterocycles. The van der Waals surface area contributed by atoms with Gasteiger partial charge < -0.3 is 19.7 Å². The van der Waals surface area contributed by atoms with Crippen molar-refractivity contribution in [2.24, 2.45) is 0 Å². The Bertz CT molecular complexity index is 1320. The Morgan fingerprint density at radius 1 is 0.971 bits per heavy atom. The van der Waals surface area contributed by atoms with E-state index in [9.17, 15) is 19.8 Å². The Kier molecular flexibility index (Phi) is 6.54. The lowest BCUT2D eigenvalue weighted by atomic mass is 9.94. The summed E-state index contributed by atoms with van der Waals surface area (Å²) in [7, 11) is 2.92. The Hall–Kier alpha value is -3.49. The highest BCUT2D eigenvalue weighted by Gasteiger charge is 2.47. The van der Waals surface area contributed by atoms with Crippen LogP contribution >= 0.6 is 27.5 Å². The number of rotatable bonds is 5. The van der Waals surface area contributed by atoms with Crippen LogP contribution in [0.4, 0.5) is 5.69 Å². The number of ketones is 1. The highest BCUT2D eigenvalue weighted by molar-refractivity contribution is 9.10. The summed E-state index contributed by atoms with van der Waals surface area (Å²) in [6, 6.07) is 14.7. The molecular formula is C25H19BrClNO6. The van der Waals surface area contributed by atoms with E-state index in [1.807, 2.05) is 0 Å². The van der Waals surface area contributed by atoms with Crippen LogP contribution in [0.1, 0.15) is 17.2 Å². The number of phenols is 1. The number of methoxy groups -OCH3 is 2. The molecule has 1 saturated heterocycles. The molecule has 0 saturated carbocycles. The minimum atomic E-state index is -1.01. The predicted octanol–water partition coefficient (Wildman–Crippen LogP) is 5.45. The van der Waals surface area contributed by atoms with Crippen molar-refractivity contribution in [2.75, 3.05) is 19.1 Å².